The van der Waals surface area contributed by atoms with E-state index in [-0.39, 0.29) is 5.76 Å². The van der Waals surface area contributed by atoms with Crippen molar-refractivity contribution in [1.82, 2.24) is 0 Å². The normalized spacial score (nSPS) is 13.4. The van der Waals surface area contributed by atoms with Crippen LogP contribution >= 0.6 is 0 Å². The predicted octanol–water partition coefficient (Wildman–Crippen LogP) is 4.08. The highest BCUT2D eigenvalue weighted by Gasteiger charge is 1.94. The zero-order valence-electron chi connectivity index (χ0n) is 9.17. The summed E-state index contributed by atoms with van der Waals surface area (Å²) in [6.45, 7) is 13.2. The minimum absolute atomic E-state index is 0.245. The molecular formula is C13H18O. The Hall–Kier alpha value is -1.50. The minimum Gasteiger partial charge on any atom is -0.508 e. The summed E-state index contributed by atoms with van der Waals surface area (Å²) in [5.41, 5.74) is 2.79. The van der Waals surface area contributed by atoms with Crippen molar-refractivity contribution in [3.63, 3.8) is 0 Å². The first-order valence-corrected chi connectivity index (χ1v) is 4.53. The highest BCUT2D eigenvalue weighted by Crippen LogP contribution is 2.12. The van der Waals surface area contributed by atoms with Gasteiger partial charge in [-0.15, -0.1) is 0 Å². The van der Waals surface area contributed by atoms with Gasteiger partial charge in [-0.3, -0.25) is 0 Å². The van der Waals surface area contributed by atoms with Gasteiger partial charge in [-0.05, 0) is 38.5 Å². The van der Waals surface area contributed by atoms with Crippen LogP contribution in [0.15, 0.2) is 59.9 Å². The van der Waals surface area contributed by atoms with Crippen molar-refractivity contribution in [2.24, 2.45) is 0 Å². The van der Waals surface area contributed by atoms with Gasteiger partial charge in [0.25, 0.3) is 0 Å². The first kappa shape index (κ1) is 12.5. The van der Waals surface area contributed by atoms with Crippen LogP contribution in [0.25, 0.3) is 0 Å². The number of allylic oxidation sites excluding steroid dienone is 7. The van der Waals surface area contributed by atoms with Crippen molar-refractivity contribution >= 4 is 0 Å². The number of aliphatic hydroxyl groups is 1. The molecular weight excluding hydrogens is 172 g/mol. The fraction of sp³-hybridized carbons (Fsp3) is 0.231. The van der Waals surface area contributed by atoms with Gasteiger partial charge in [0.05, 0.1) is 0 Å². The molecule has 0 aromatic carbocycles. The van der Waals surface area contributed by atoms with Crippen LogP contribution in [-0.4, -0.2) is 5.11 Å². The second-order valence-electron chi connectivity index (χ2n) is 3.27. The molecule has 1 nitrogen and oxygen atoms in total. The Bertz CT molecular complexity index is 314. The third-order valence-corrected chi connectivity index (χ3v) is 1.64. The van der Waals surface area contributed by atoms with E-state index in [2.05, 4.69) is 13.2 Å². The Morgan fingerprint density at radius 3 is 2.07 bits per heavy atom. The van der Waals surface area contributed by atoms with Gasteiger partial charge in [0.15, 0.2) is 0 Å². The first-order chi connectivity index (χ1) is 6.47. The van der Waals surface area contributed by atoms with Crippen LogP contribution in [0.5, 0.6) is 0 Å². The molecule has 0 heterocycles. The summed E-state index contributed by atoms with van der Waals surface area (Å²) in [5, 5.41) is 9.33. The van der Waals surface area contributed by atoms with E-state index in [4.69, 9.17) is 0 Å². The SMILES string of the molecule is C=C(C)\C=C/C(=C/C(O)=C\C)C(=C)C. The van der Waals surface area contributed by atoms with Gasteiger partial charge in [-0.1, -0.05) is 36.5 Å². The first-order valence-electron chi connectivity index (χ1n) is 4.53. The predicted molar refractivity (Wildman–Crippen MR) is 63.2 cm³/mol. The van der Waals surface area contributed by atoms with Crippen LogP contribution < -0.4 is 0 Å². The standard InChI is InChI=1S/C13H18O/c1-6-13(14)9-12(11(4)5)8-7-10(2)3/h6-9,14H,2,4H2,1,3,5H3/b8-7-,12-9-,13-6+. The Kier molecular flexibility index (Phi) is 5.38. The number of aliphatic hydroxyl groups excluding tert-OH is 1. The van der Waals surface area contributed by atoms with Gasteiger partial charge in [-0.2, -0.15) is 0 Å². The van der Waals surface area contributed by atoms with E-state index in [1.807, 2.05) is 26.0 Å². The van der Waals surface area contributed by atoms with Crippen LogP contribution in [0.2, 0.25) is 0 Å². The maximum Gasteiger partial charge on any atom is 0.111 e. The molecule has 0 bridgehead atoms. The molecule has 0 saturated heterocycles. The smallest absolute Gasteiger partial charge is 0.111 e. The van der Waals surface area contributed by atoms with E-state index in [9.17, 15) is 5.11 Å². The molecule has 0 saturated carbocycles. The van der Waals surface area contributed by atoms with Crippen LogP contribution in [0.4, 0.5) is 0 Å². The Morgan fingerprint density at radius 1 is 1.14 bits per heavy atom. The average Bonchev–Trinajstić information content (AvgIpc) is 2.10. The molecule has 0 aliphatic heterocycles. The summed E-state index contributed by atoms with van der Waals surface area (Å²) in [7, 11) is 0. The average molecular weight is 190 g/mol. The molecule has 76 valence electrons. The van der Waals surface area contributed by atoms with E-state index in [1.54, 1.807) is 19.1 Å². The molecule has 1 heteroatoms. The van der Waals surface area contributed by atoms with Gasteiger partial charge in [0, 0.05) is 0 Å². The monoisotopic (exact) mass is 190 g/mol. The fourth-order valence-electron chi connectivity index (χ4n) is 0.788. The summed E-state index contributed by atoms with van der Waals surface area (Å²) in [6.07, 6.45) is 7.10. The van der Waals surface area contributed by atoms with Crippen LogP contribution in [0, 0.1) is 0 Å². The molecule has 0 aliphatic rings. The molecule has 0 atom stereocenters. The second-order valence-corrected chi connectivity index (χ2v) is 3.27. The van der Waals surface area contributed by atoms with E-state index in [0.717, 1.165) is 16.7 Å². The fourth-order valence-corrected chi connectivity index (χ4v) is 0.788. The Balaban J connectivity index is 4.88. The quantitative estimate of drug-likeness (QED) is 0.523. The molecule has 0 aromatic heterocycles. The molecule has 0 rings (SSSR count). The third-order valence-electron chi connectivity index (χ3n) is 1.64. The number of hydrogen-bond donors (Lipinski definition) is 1. The molecule has 1 N–H and O–H groups in total. The minimum atomic E-state index is 0.245. The molecule has 0 aromatic rings. The van der Waals surface area contributed by atoms with E-state index < -0.39 is 0 Å². The Morgan fingerprint density at radius 2 is 1.71 bits per heavy atom. The van der Waals surface area contributed by atoms with Gasteiger partial charge in [0.2, 0.25) is 0 Å². The molecule has 0 radical (unpaired) electrons. The molecule has 0 unspecified atom stereocenters. The lowest BCUT2D eigenvalue weighted by Gasteiger charge is -2.00. The number of rotatable bonds is 4. The number of hydrogen-bond acceptors (Lipinski definition) is 1. The summed E-state index contributed by atoms with van der Waals surface area (Å²) < 4.78 is 0. The molecule has 0 aliphatic carbocycles. The zero-order chi connectivity index (χ0) is 11.1. The van der Waals surface area contributed by atoms with Crippen LogP contribution in [-0.2, 0) is 0 Å². The third kappa shape index (κ3) is 5.20. The van der Waals surface area contributed by atoms with Crippen molar-refractivity contribution in [3.8, 4) is 0 Å². The lowest BCUT2D eigenvalue weighted by molar-refractivity contribution is 0.431. The van der Waals surface area contributed by atoms with Gasteiger partial charge < -0.3 is 5.11 Å². The van der Waals surface area contributed by atoms with Gasteiger partial charge >= 0.3 is 0 Å². The molecule has 0 fully saturated rings. The summed E-state index contributed by atoms with van der Waals surface area (Å²) in [4.78, 5) is 0. The summed E-state index contributed by atoms with van der Waals surface area (Å²) >= 11 is 0. The van der Waals surface area contributed by atoms with Crippen molar-refractivity contribution in [3.05, 3.63) is 59.9 Å². The topological polar surface area (TPSA) is 20.2 Å². The maximum atomic E-state index is 9.33. The Labute approximate surface area is 86.5 Å². The lowest BCUT2D eigenvalue weighted by atomic mass is 10.1. The van der Waals surface area contributed by atoms with Crippen molar-refractivity contribution in [2.45, 2.75) is 20.8 Å². The maximum absolute atomic E-state index is 9.33. The highest BCUT2D eigenvalue weighted by atomic mass is 16.3. The van der Waals surface area contributed by atoms with Gasteiger partial charge in [-0.25, -0.2) is 0 Å². The van der Waals surface area contributed by atoms with Crippen molar-refractivity contribution in [2.75, 3.05) is 0 Å². The zero-order valence-corrected chi connectivity index (χ0v) is 9.17. The van der Waals surface area contributed by atoms with Crippen molar-refractivity contribution in [1.29, 1.82) is 0 Å². The van der Waals surface area contributed by atoms with Crippen LogP contribution in [0.3, 0.4) is 0 Å². The van der Waals surface area contributed by atoms with Gasteiger partial charge in [0.1, 0.15) is 5.76 Å². The van der Waals surface area contributed by atoms with E-state index >= 15 is 0 Å². The lowest BCUT2D eigenvalue weighted by Crippen LogP contribution is -1.82. The summed E-state index contributed by atoms with van der Waals surface area (Å²) in [6, 6.07) is 0. The molecule has 0 spiro atoms. The summed E-state index contributed by atoms with van der Waals surface area (Å²) in [5.74, 6) is 0.245. The van der Waals surface area contributed by atoms with E-state index in [0.29, 0.717) is 0 Å². The second kappa shape index (κ2) is 6.03. The van der Waals surface area contributed by atoms with E-state index in [1.165, 1.54) is 0 Å². The highest BCUT2D eigenvalue weighted by molar-refractivity contribution is 5.42. The molecule has 14 heavy (non-hydrogen) atoms. The molecule has 0 amide bonds. The van der Waals surface area contributed by atoms with Crippen molar-refractivity contribution < 1.29 is 5.11 Å². The van der Waals surface area contributed by atoms with Crippen LogP contribution in [0.1, 0.15) is 20.8 Å². The largest absolute Gasteiger partial charge is 0.508 e.